The molecule has 130 valence electrons. The second-order valence-electron chi connectivity index (χ2n) is 5.96. The Morgan fingerprint density at radius 3 is 2.58 bits per heavy atom. The van der Waals surface area contributed by atoms with Crippen LogP contribution in [0.4, 0.5) is 5.69 Å². The van der Waals surface area contributed by atoms with Crippen LogP contribution in [0.3, 0.4) is 0 Å². The number of Topliss-reactive ketones (excluding diaryl/α,β-unsaturated/α-hetero) is 1. The van der Waals surface area contributed by atoms with Gasteiger partial charge in [0, 0.05) is 12.7 Å². The number of methoxy groups -OCH3 is 1. The van der Waals surface area contributed by atoms with E-state index in [9.17, 15) is 14.4 Å². The van der Waals surface area contributed by atoms with E-state index in [1.165, 1.54) is 18.9 Å². The van der Waals surface area contributed by atoms with Gasteiger partial charge in [-0.25, -0.2) is 0 Å². The van der Waals surface area contributed by atoms with E-state index in [2.05, 4.69) is 0 Å². The van der Waals surface area contributed by atoms with Crippen molar-refractivity contribution in [2.75, 3.05) is 31.8 Å². The Morgan fingerprint density at radius 1 is 1.25 bits per heavy atom. The summed E-state index contributed by atoms with van der Waals surface area (Å²) >= 11 is 0. The molecular formula is C17H21NO6. The van der Waals surface area contributed by atoms with Gasteiger partial charge in [0.05, 0.1) is 12.3 Å². The molecular weight excluding hydrogens is 314 g/mol. The normalized spacial score (nSPS) is 15.5. The molecule has 0 bridgehead atoms. The number of amides is 1. The third kappa shape index (κ3) is 3.73. The fourth-order valence-electron chi connectivity index (χ4n) is 2.36. The number of hydrogen-bond acceptors (Lipinski definition) is 6. The Bertz CT molecular complexity index is 667. The van der Waals surface area contributed by atoms with Gasteiger partial charge < -0.3 is 14.2 Å². The SMILES string of the molecule is COCCOC(=O)CN1C(=O)C(C)(C)Oc2ccc(C(C)=O)cc21. The second kappa shape index (κ2) is 7.00. The molecule has 24 heavy (non-hydrogen) atoms. The number of nitrogens with zero attached hydrogens (tertiary/aromatic N) is 1. The van der Waals surface area contributed by atoms with Crippen LogP contribution < -0.4 is 9.64 Å². The number of ketones is 1. The third-order valence-electron chi connectivity index (χ3n) is 3.62. The number of hydrogen-bond donors (Lipinski definition) is 0. The number of benzene rings is 1. The Balaban J connectivity index is 2.31. The number of fused-ring (bicyclic) bond motifs is 1. The molecule has 0 atom stereocenters. The zero-order valence-corrected chi connectivity index (χ0v) is 14.3. The lowest BCUT2D eigenvalue weighted by Gasteiger charge is -2.38. The zero-order valence-electron chi connectivity index (χ0n) is 14.3. The summed E-state index contributed by atoms with van der Waals surface area (Å²) in [5, 5.41) is 0. The van der Waals surface area contributed by atoms with Crippen LogP contribution in [0.2, 0.25) is 0 Å². The third-order valence-corrected chi connectivity index (χ3v) is 3.62. The van der Waals surface area contributed by atoms with Gasteiger partial charge in [0.1, 0.15) is 18.9 Å². The van der Waals surface area contributed by atoms with Crippen LogP contribution in [0.5, 0.6) is 5.75 Å². The Labute approximate surface area is 140 Å². The molecule has 0 spiro atoms. The summed E-state index contributed by atoms with van der Waals surface area (Å²) in [6.07, 6.45) is 0. The largest absolute Gasteiger partial charge is 0.476 e. The molecule has 7 heteroatoms. The predicted molar refractivity (Wildman–Crippen MR) is 86.3 cm³/mol. The molecule has 0 radical (unpaired) electrons. The van der Waals surface area contributed by atoms with Gasteiger partial charge >= 0.3 is 5.97 Å². The summed E-state index contributed by atoms with van der Waals surface area (Å²) in [7, 11) is 1.50. The van der Waals surface area contributed by atoms with Crippen LogP contribution in [0.25, 0.3) is 0 Å². The van der Waals surface area contributed by atoms with E-state index in [1.54, 1.807) is 32.0 Å². The number of anilines is 1. The first kappa shape index (κ1) is 17.9. The monoisotopic (exact) mass is 335 g/mol. The highest BCUT2D eigenvalue weighted by molar-refractivity contribution is 6.06. The summed E-state index contributed by atoms with van der Waals surface area (Å²) in [6, 6.07) is 4.80. The Morgan fingerprint density at radius 2 is 1.96 bits per heavy atom. The summed E-state index contributed by atoms with van der Waals surface area (Å²) in [6.45, 7) is 4.81. The lowest BCUT2D eigenvalue weighted by Crippen LogP contribution is -2.54. The van der Waals surface area contributed by atoms with Gasteiger partial charge in [0.2, 0.25) is 0 Å². The van der Waals surface area contributed by atoms with E-state index in [-0.39, 0.29) is 31.4 Å². The van der Waals surface area contributed by atoms with Crippen molar-refractivity contribution in [1.82, 2.24) is 0 Å². The number of carbonyl (C=O) groups excluding carboxylic acids is 3. The second-order valence-corrected chi connectivity index (χ2v) is 5.96. The molecule has 0 N–H and O–H groups in total. The lowest BCUT2D eigenvalue weighted by atomic mass is 10.0. The molecule has 2 rings (SSSR count). The van der Waals surface area contributed by atoms with Crippen LogP contribution in [0, 0.1) is 0 Å². The van der Waals surface area contributed by atoms with E-state index in [0.29, 0.717) is 17.0 Å². The average molecular weight is 335 g/mol. The van der Waals surface area contributed by atoms with Gasteiger partial charge in [-0.1, -0.05) is 0 Å². The van der Waals surface area contributed by atoms with Crippen molar-refractivity contribution >= 4 is 23.3 Å². The molecule has 0 aromatic heterocycles. The Kier molecular flexibility index (Phi) is 5.23. The first-order valence-corrected chi connectivity index (χ1v) is 7.57. The van der Waals surface area contributed by atoms with Gasteiger partial charge in [-0.15, -0.1) is 0 Å². The summed E-state index contributed by atoms with van der Waals surface area (Å²) in [4.78, 5) is 37.5. The molecule has 0 saturated carbocycles. The first-order chi connectivity index (χ1) is 11.3. The molecule has 0 aliphatic carbocycles. The molecule has 0 saturated heterocycles. The fourth-order valence-corrected chi connectivity index (χ4v) is 2.36. The number of rotatable bonds is 6. The number of ether oxygens (including phenoxy) is 3. The summed E-state index contributed by atoms with van der Waals surface area (Å²) in [5.74, 6) is -0.635. The highest BCUT2D eigenvalue weighted by Crippen LogP contribution is 2.38. The molecule has 0 fully saturated rings. The van der Waals surface area contributed by atoms with Gasteiger partial charge in [0.15, 0.2) is 11.4 Å². The molecule has 1 aromatic carbocycles. The number of carbonyl (C=O) groups is 3. The molecule has 1 heterocycles. The van der Waals surface area contributed by atoms with Crippen LogP contribution in [-0.2, 0) is 19.1 Å². The van der Waals surface area contributed by atoms with Crippen LogP contribution >= 0.6 is 0 Å². The van der Waals surface area contributed by atoms with Crippen LogP contribution in [0.15, 0.2) is 18.2 Å². The van der Waals surface area contributed by atoms with Crippen molar-refractivity contribution < 1.29 is 28.6 Å². The van der Waals surface area contributed by atoms with Crippen molar-refractivity contribution in [1.29, 1.82) is 0 Å². The van der Waals surface area contributed by atoms with Gasteiger partial charge in [0.25, 0.3) is 5.91 Å². The smallest absolute Gasteiger partial charge is 0.326 e. The van der Waals surface area contributed by atoms with Crippen molar-refractivity contribution in [3.8, 4) is 5.75 Å². The van der Waals surface area contributed by atoms with Crippen LogP contribution in [0.1, 0.15) is 31.1 Å². The van der Waals surface area contributed by atoms with E-state index in [1.807, 2.05) is 0 Å². The quantitative estimate of drug-likeness (QED) is 0.446. The van der Waals surface area contributed by atoms with Gasteiger partial charge in [-0.3, -0.25) is 19.3 Å². The topological polar surface area (TPSA) is 82.1 Å². The highest BCUT2D eigenvalue weighted by Gasteiger charge is 2.42. The lowest BCUT2D eigenvalue weighted by molar-refractivity contribution is -0.145. The summed E-state index contributed by atoms with van der Waals surface area (Å²) < 4.78 is 15.6. The molecule has 1 aliphatic heterocycles. The maximum Gasteiger partial charge on any atom is 0.326 e. The van der Waals surface area contributed by atoms with E-state index >= 15 is 0 Å². The molecule has 1 amide bonds. The predicted octanol–water partition coefficient (Wildman–Crippen LogP) is 1.58. The molecule has 1 aromatic rings. The molecule has 1 aliphatic rings. The highest BCUT2D eigenvalue weighted by atomic mass is 16.6. The minimum Gasteiger partial charge on any atom is -0.476 e. The zero-order chi connectivity index (χ0) is 17.9. The minimum absolute atomic E-state index is 0.109. The molecule has 0 unspecified atom stereocenters. The fraction of sp³-hybridized carbons (Fsp3) is 0.471. The molecule has 7 nitrogen and oxygen atoms in total. The minimum atomic E-state index is -1.11. The van der Waals surface area contributed by atoms with Gasteiger partial charge in [-0.05, 0) is 39.0 Å². The van der Waals surface area contributed by atoms with Gasteiger partial charge in [-0.2, -0.15) is 0 Å². The van der Waals surface area contributed by atoms with Crippen molar-refractivity contribution in [2.45, 2.75) is 26.4 Å². The van der Waals surface area contributed by atoms with Crippen molar-refractivity contribution in [3.05, 3.63) is 23.8 Å². The Hall–Kier alpha value is -2.41. The van der Waals surface area contributed by atoms with E-state index < -0.39 is 11.6 Å². The van der Waals surface area contributed by atoms with E-state index in [0.717, 1.165) is 0 Å². The van der Waals surface area contributed by atoms with Crippen LogP contribution in [-0.4, -0.2) is 50.1 Å². The average Bonchev–Trinajstić information content (AvgIpc) is 2.51. The van der Waals surface area contributed by atoms with Crippen molar-refractivity contribution in [3.63, 3.8) is 0 Å². The van der Waals surface area contributed by atoms with E-state index in [4.69, 9.17) is 14.2 Å². The number of esters is 1. The maximum absolute atomic E-state index is 12.6. The maximum atomic E-state index is 12.6. The first-order valence-electron chi connectivity index (χ1n) is 7.57. The summed E-state index contributed by atoms with van der Waals surface area (Å²) in [5.41, 5.74) is -0.296. The standard InChI is InChI=1S/C17H21NO6/c1-11(19)12-5-6-14-13(9-12)18(16(21)17(2,3)24-14)10-15(20)23-8-7-22-4/h5-6,9H,7-8,10H2,1-4H3. The van der Waals surface area contributed by atoms with Crippen molar-refractivity contribution in [2.24, 2.45) is 0 Å².